The summed E-state index contributed by atoms with van der Waals surface area (Å²) in [6.45, 7) is 2.49. The van der Waals surface area contributed by atoms with Crippen molar-refractivity contribution in [3.05, 3.63) is 24.0 Å². The third-order valence-electron chi connectivity index (χ3n) is 2.96. The first-order chi connectivity index (χ1) is 8.31. The zero-order chi connectivity index (χ0) is 11.7. The number of imidazole rings is 1. The fraction of sp³-hybridized carbons (Fsp3) is 0.417. The summed E-state index contributed by atoms with van der Waals surface area (Å²) in [5.41, 5.74) is 8.42. The molecule has 17 heavy (non-hydrogen) atoms. The summed E-state index contributed by atoms with van der Waals surface area (Å²) in [5.74, 6) is 0.924. The molecule has 5 nitrogen and oxygen atoms in total. The van der Waals surface area contributed by atoms with Crippen molar-refractivity contribution < 1.29 is 4.84 Å². The second kappa shape index (κ2) is 4.35. The van der Waals surface area contributed by atoms with Gasteiger partial charge in [0.1, 0.15) is 5.82 Å². The standard InChI is InChI=1S/C12H16N4O/c13-9-3-4-10-11(7-9)15-12(14-10)8-16-5-1-2-6-17-16/h3-4,7H,1-2,5-6,8,13H2,(H,14,15). The van der Waals surface area contributed by atoms with E-state index in [1.807, 2.05) is 23.3 Å². The summed E-state index contributed by atoms with van der Waals surface area (Å²) in [6.07, 6.45) is 2.33. The number of hydrogen-bond donors (Lipinski definition) is 2. The molecular weight excluding hydrogens is 216 g/mol. The van der Waals surface area contributed by atoms with Gasteiger partial charge in [-0.2, -0.15) is 5.06 Å². The predicted octanol–water partition coefficient (Wildman–Crippen LogP) is 1.67. The highest BCUT2D eigenvalue weighted by atomic mass is 16.7. The topological polar surface area (TPSA) is 67.2 Å². The number of nitrogens with zero attached hydrogens (tertiary/aromatic N) is 2. The molecule has 0 atom stereocenters. The molecule has 1 aliphatic heterocycles. The summed E-state index contributed by atoms with van der Waals surface area (Å²) in [4.78, 5) is 13.3. The average molecular weight is 232 g/mol. The lowest BCUT2D eigenvalue weighted by Crippen LogP contribution is -2.29. The van der Waals surface area contributed by atoms with Gasteiger partial charge in [-0.05, 0) is 31.0 Å². The van der Waals surface area contributed by atoms with Gasteiger partial charge in [0.05, 0.1) is 24.2 Å². The summed E-state index contributed by atoms with van der Waals surface area (Å²) in [6, 6.07) is 5.70. The Morgan fingerprint density at radius 3 is 3.18 bits per heavy atom. The quantitative estimate of drug-likeness (QED) is 0.773. The van der Waals surface area contributed by atoms with Crippen molar-refractivity contribution >= 4 is 16.7 Å². The highest BCUT2D eigenvalue weighted by Gasteiger charge is 2.13. The summed E-state index contributed by atoms with van der Waals surface area (Å²) < 4.78 is 0. The molecule has 1 saturated heterocycles. The van der Waals surface area contributed by atoms with Crippen LogP contribution in [0.4, 0.5) is 5.69 Å². The second-order valence-corrected chi connectivity index (χ2v) is 4.36. The van der Waals surface area contributed by atoms with Crippen LogP contribution in [-0.2, 0) is 11.4 Å². The highest BCUT2D eigenvalue weighted by Crippen LogP contribution is 2.16. The largest absolute Gasteiger partial charge is 0.399 e. The number of fused-ring (bicyclic) bond motifs is 1. The summed E-state index contributed by atoms with van der Waals surface area (Å²) >= 11 is 0. The number of hydroxylamine groups is 2. The zero-order valence-corrected chi connectivity index (χ0v) is 9.65. The van der Waals surface area contributed by atoms with Crippen LogP contribution in [0.5, 0.6) is 0 Å². The van der Waals surface area contributed by atoms with Gasteiger partial charge in [-0.3, -0.25) is 4.84 Å². The van der Waals surface area contributed by atoms with E-state index in [-0.39, 0.29) is 0 Å². The van der Waals surface area contributed by atoms with Gasteiger partial charge in [-0.1, -0.05) is 0 Å². The molecule has 3 N–H and O–H groups in total. The second-order valence-electron chi connectivity index (χ2n) is 4.36. The van der Waals surface area contributed by atoms with Gasteiger partial charge in [0, 0.05) is 12.2 Å². The molecule has 0 amide bonds. The number of aromatic amines is 1. The molecule has 2 aromatic rings. The molecule has 1 aromatic carbocycles. The van der Waals surface area contributed by atoms with E-state index in [9.17, 15) is 0 Å². The van der Waals surface area contributed by atoms with Gasteiger partial charge >= 0.3 is 0 Å². The fourth-order valence-corrected chi connectivity index (χ4v) is 2.10. The van der Waals surface area contributed by atoms with E-state index >= 15 is 0 Å². The minimum atomic E-state index is 0.703. The third-order valence-corrected chi connectivity index (χ3v) is 2.96. The monoisotopic (exact) mass is 232 g/mol. The maximum absolute atomic E-state index is 5.73. The molecule has 3 rings (SSSR count). The number of rotatable bonds is 2. The Morgan fingerprint density at radius 2 is 2.35 bits per heavy atom. The van der Waals surface area contributed by atoms with Gasteiger partial charge in [0.15, 0.2) is 0 Å². The first-order valence-corrected chi connectivity index (χ1v) is 5.93. The van der Waals surface area contributed by atoms with Crippen LogP contribution in [0.3, 0.4) is 0 Å². The smallest absolute Gasteiger partial charge is 0.123 e. The first-order valence-electron chi connectivity index (χ1n) is 5.93. The molecule has 1 aliphatic rings. The molecule has 1 fully saturated rings. The molecule has 1 aromatic heterocycles. The predicted molar refractivity (Wildman–Crippen MR) is 66.1 cm³/mol. The zero-order valence-electron chi connectivity index (χ0n) is 9.65. The third kappa shape index (κ3) is 2.25. The number of H-pyrrole nitrogens is 1. The van der Waals surface area contributed by atoms with Crippen LogP contribution in [0.25, 0.3) is 11.0 Å². The molecule has 0 radical (unpaired) electrons. The van der Waals surface area contributed by atoms with E-state index in [4.69, 9.17) is 10.6 Å². The maximum atomic E-state index is 5.73. The molecular formula is C12H16N4O. The van der Waals surface area contributed by atoms with Gasteiger partial charge < -0.3 is 10.7 Å². The van der Waals surface area contributed by atoms with Crippen LogP contribution in [-0.4, -0.2) is 28.2 Å². The Hall–Kier alpha value is -1.59. The van der Waals surface area contributed by atoms with Crippen molar-refractivity contribution in [3.63, 3.8) is 0 Å². The van der Waals surface area contributed by atoms with Crippen LogP contribution in [0.15, 0.2) is 18.2 Å². The van der Waals surface area contributed by atoms with E-state index in [1.54, 1.807) is 0 Å². The van der Waals surface area contributed by atoms with E-state index in [0.29, 0.717) is 6.54 Å². The van der Waals surface area contributed by atoms with Gasteiger partial charge in [0.25, 0.3) is 0 Å². The van der Waals surface area contributed by atoms with Crippen molar-refractivity contribution in [2.45, 2.75) is 19.4 Å². The van der Waals surface area contributed by atoms with Crippen LogP contribution in [0.2, 0.25) is 0 Å². The van der Waals surface area contributed by atoms with Crippen LogP contribution >= 0.6 is 0 Å². The SMILES string of the molecule is Nc1ccc2nc(CN3CCCCO3)[nH]c2c1. The normalized spacial score (nSPS) is 17.6. The van der Waals surface area contributed by atoms with Gasteiger partial charge in [0.2, 0.25) is 0 Å². The van der Waals surface area contributed by atoms with Crippen molar-refractivity contribution in [3.8, 4) is 0 Å². The average Bonchev–Trinajstić information content (AvgIpc) is 2.71. The lowest BCUT2D eigenvalue weighted by atomic mass is 10.3. The molecule has 0 saturated carbocycles. The molecule has 0 unspecified atom stereocenters. The number of nitrogens with one attached hydrogen (secondary N) is 1. The van der Waals surface area contributed by atoms with E-state index in [2.05, 4.69) is 9.97 Å². The molecule has 5 heteroatoms. The summed E-state index contributed by atoms with van der Waals surface area (Å²) in [7, 11) is 0. The number of aromatic nitrogens is 2. The van der Waals surface area contributed by atoms with E-state index in [1.165, 1.54) is 6.42 Å². The van der Waals surface area contributed by atoms with E-state index < -0.39 is 0 Å². The van der Waals surface area contributed by atoms with Crippen LogP contribution in [0.1, 0.15) is 18.7 Å². The van der Waals surface area contributed by atoms with Crippen molar-refractivity contribution in [1.82, 2.24) is 15.0 Å². The Balaban J connectivity index is 1.80. The minimum Gasteiger partial charge on any atom is -0.399 e. The molecule has 0 bridgehead atoms. The number of benzene rings is 1. The minimum absolute atomic E-state index is 0.703. The van der Waals surface area contributed by atoms with Gasteiger partial charge in [-0.25, -0.2) is 4.98 Å². The van der Waals surface area contributed by atoms with Crippen molar-refractivity contribution in [2.75, 3.05) is 18.9 Å². The highest BCUT2D eigenvalue weighted by molar-refractivity contribution is 5.78. The number of hydrogen-bond acceptors (Lipinski definition) is 4. The fourth-order valence-electron chi connectivity index (χ4n) is 2.10. The van der Waals surface area contributed by atoms with Crippen molar-refractivity contribution in [1.29, 1.82) is 0 Å². The molecule has 0 aliphatic carbocycles. The number of nitrogen functional groups attached to an aromatic ring is 1. The maximum Gasteiger partial charge on any atom is 0.123 e. The Bertz CT molecular complexity index is 516. The molecule has 0 spiro atoms. The Labute approximate surface area is 99.5 Å². The van der Waals surface area contributed by atoms with Gasteiger partial charge in [-0.15, -0.1) is 0 Å². The molecule has 2 heterocycles. The lowest BCUT2D eigenvalue weighted by molar-refractivity contribution is -0.188. The summed E-state index contributed by atoms with van der Waals surface area (Å²) in [5, 5.41) is 1.96. The molecule has 90 valence electrons. The lowest BCUT2D eigenvalue weighted by Gasteiger charge is -2.24. The van der Waals surface area contributed by atoms with Crippen molar-refractivity contribution in [2.24, 2.45) is 0 Å². The van der Waals surface area contributed by atoms with E-state index in [0.717, 1.165) is 42.1 Å². The van der Waals surface area contributed by atoms with Crippen LogP contribution in [0, 0.1) is 0 Å². The van der Waals surface area contributed by atoms with Crippen LogP contribution < -0.4 is 5.73 Å². The Morgan fingerprint density at radius 1 is 1.41 bits per heavy atom. The Kier molecular flexibility index (Phi) is 2.70. The number of nitrogens with two attached hydrogens (primary N) is 1. The first kappa shape index (κ1) is 10.6. The number of anilines is 1.